The fourth-order valence-corrected chi connectivity index (χ4v) is 8.02. The number of carbonyl (C=O) groups is 6. The number of likely N-dealkylation sites (N-methyl/N-ethyl adjacent to an activating group) is 1. The molecule has 0 bridgehead atoms. The number of amides is 5. The van der Waals surface area contributed by atoms with Gasteiger partial charge in [0.05, 0.1) is 18.8 Å². The molecule has 2 aliphatic heterocycles. The molecule has 15 nitrogen and oxygen atoms in total. The van der Waals surface area contributed by atoms with E-state index in [9.17, 15) is 37.2 Å². The van der Waals surface area contributed by atoms with Crippen LogP contribution >= 0.6 is 0 Å². The highest BCUT2D eigenvalue weighted by Crippen LogP contribution is 2.35. The van der Waals surface area contributed by atoms with Crippen LogP contribution in [0.1, 0.15) is 91.2 Å². The second-order valence-corrected chi connectivity index (χ2v) is 20.4. The van der Waals surface area contributed by atoms with Crippen LogP contribution in [0.5, 0.6) is 0 Å². The summed E-state index contributed by atoms with van der Waals surface area (Å²) < 4.78 is 31.6. The van der Waals surface area contributed by atoms with Crippen molar-refractivity contribution in [2.45, 2.75) is 117 Å². The number of fused-ring (bicyclic) bond motifs is 1. The summed E-state index contributed by atoms with van der Waals surface area (Å²) in [6, 6.07) is 4.21. The maximum atomic E-state index is 14.7. The number of hydrogen-bond acceptors (Lipinski definition) is 9. The van der Waals surface area contributed by atoms with Crippen LogP contribution < -0.4 is 16.0 Å². The molecule has 1 aromatic rings. The lowest BCUT2D eigenvalue weighted by Crippen LogP contribution is -2.61. The molecule has 0 radical (unpaired) electrons. The second kappa shape index (κ2) is 19.2. The molecule has 2 unspecified atom stereocenters. The van der Waals surface area contributed by atoms with Gasteiger partial charge in [-0.15, -0.1) is 6.58 Å². The second-order valence-electron chi connectivity index (χ2n) is 18.3. The van der Waals surface area contributed by atoms with E-state index in [1.807, 2.05) is 45.0 Å². The quantitative estimate of drug-likeness (QED) is 0.164. The molecule has 1 saturated heterocycles. The van der Waals surface area contributed by atoms with E-state index in [0.29, 0.717) is 25.9 Å². The van der Waals surface area contributed by atoms with Crippen molar-refractivity contribution in [1.29, 1.82) is 0 Å². The zero-order chi connectivity index (χ0) is 43.2. The van der Waals surface area contributed by atoms with Crippen molar-refractivity contribution in [3.63, 3.8) is 0 Å². The van der Waals surface area contributed by atoms with Gasteiger partial charge >= 0.3 is 12.1 Å². The van der Waals surface area contributed by atoms with Gasteiger partial charge in [-0.2, -0.15) is 0 Å². The summed E-state index contributed by atoms with van der Waals surface area (Å²) in [5.41, 5.74) is 0.702. The van der Waals surface area contributed by atoms with Gasteiger partial charge in [-0.3, -0.25) is 19.2 Å². The Labute approximate surface area is 344 Å². The molecule has 2 fully saturated rings. The molecule has 58 heavy (non-hydrogen) atoms. The van der Waals surface area contributed by atoms with Crippen LogP contribution in [0.2, 0.25) is 0 Å². The Balaban J connectivity index is 1.60. The lowest BCUT2D eigenvalue weighted by molar-refractivity contribution is -0.144. The molecule has 3 N–H and O–H groups in total. The average Bonchev–Trinajstić information content (AvgIpc) is 3.55. The highest BCUT2D eigenvalue weighted by molar-refractivity contribution is 7.88. The summed E-state index contributed by atoms with van der Waals surface area (Å²) in [5.74, 6) is -3.24. The van der Waals surface area contributed by atoms with Crippen LogP contribution in [0, 0.1) is 22.7 Å². The Kier molecular flexibility index (Phi) is 15.3. The van der Waals surface area contributed by atoms with Crippen LogP contribution in [-0.4, -0.2) is 122 Å². The van der Waals surface area contributed by atoms with E-state index < -0.39 is 86.5 Å². The molecule has 0 aromatic heterocycles. The fourth-order valence-electron chi connectivity index (χ4n) is 7.60. The molecule has 1 aromatic carbocycles. The molecule has 2 heterocycles. The van der Waals surface area contributed by atoms with Gasteiger partial charge in [0, 0.05) is 58.0 Å². The van der Waals surface area contributed by atoms with Gasteiger partial charge in [-0.25, -0.2) is 22.3 Å². The third-order valence-corrected chi connectivity index (χ3v) is 12.9. The highest BCUT2D eigenvalue weighted by atomic mass is 32.2. The number of ketones is 2. The largest absolute Gasteiger partial charge is 0.444 e. The molecule has 5 atom stereocenters. The molecule has 1 saturated carbocycles. The van der Waals surface area contributed by atoms with Crippen LogP contribution in [0.25, 0.3) is 0 Å². The molecule has 0 spiro atoms. The van der Waals surface area contributed by atoms with Crippen LogP contribution in [0.3, 0.4) is 0 Å². The summed E-state index contributed by atoms with van der Waals surface area (Å²) in [5, 5.41) is 8.20. The van der Waals surface area contributed by atoms with E-state index in [0.717, 1.165) is 41.0 Å². The van der Waals surface area contributed by atoms with E-state index >= 15 is 0 Å². The number of likely N-dealkylation sites (tertiary alicyclic amines) is 1. The molecule has 16 heteroatoms. The zero-order valence-corrected chi connectivity index (χ0v) is 36.3. The molecule has 1 aliphatic carbocycles. The molecular weight excluding hydrogens is 765 g/mol. The number of ether oxygens (including phenoxy) is 1. The van der Waals surface area contributed by atoms with Gasteiger partial charge in [0.2, 0.25) is 21.7 Å². The van der Waals surface area contributed by atoms with Gasteiger partial charge < -0.3 is 30.5 Å². The number of Topliss-reactive ketones (excluding diaryl/α,β-unsaturated/α-hetero) is 2. The van der Waals surface area contributed by atoms with Gasteiger partial charge in [-0.1, -0.05) is 91.1 Å². The van der Waals surface area contributed by atoms with E-state index in [1.165, 1.54) is 18.0 Å². The predicted octanol–water partition coefficient (Wildman–Crippen LogP) is 3.81. The first-order chi connectivity index (χ1) is 27.0. The molecule has 5 amide bonds. The third-order valence-electron chi connectivity index (χ3n) is 11.6. The van der Waals surface area contributed by atoms with Gasteiger partial charge in [0.15, 0.2) is 5.78 Å². The van der Waals surface area contributed by atoms with Crippen LogP contribution in [0.15, 0.2) is 36.9 Å². The fraction of sp³-hybridized carbons (Fsp3) is 0.667. The zero-order valence-electron chi connectivity index (χ0n) is 35.5. The van der Waals surface area contributed by atoms with Crippen molar-refractivity contribution >= 4 is 45.5 Å². The molecule has 322 valence electrons. The summed E-state index contributed by atoms with van der Waals surface area (Å²) in [6.45, 7) is 15.2. The standard InChI is InChI=1S/C42H64N6O9S/c1-10-19-43-37(51)35(50)30(21-27-14-13-15-27)22-33(49)32-23-31(57-40(54)47-20-18-28-16-11-12-17-29(28)24-47)25-48(32)38(52)36(42(5,6)7)45-39(53)44-34(41(2,3)4)26-46(8)58(9,55)56/h10-12,16-17,27,30-32,34,36H,1,13-15,18-26H2,2-9H3,(H,43,51)(H2,44,45,53)/t30?,31?,32-,34+,36+/m0/s1. The normalized spacial score (nSPS) is 20.2. The lowest BCUT2D eigenvalue weighted by Gasteiger charge is -2.37. The maximum absolute atomic E-state index is 14.7. The van der Waals surface area contributed by atoms with Gasteiger partial charge in [-0.05, 0) is 40.7 Å². The van der Waals surface area contributed by atoms with Crippen molar-refractivity contribution in [1.82, 2.24) is 30.1 Å². The summed E-state index contributed by atoms with van der Waals surface area (Å²) >= 11 is 0. The monoisotopic (exact) mass is 828 g/mol. The van der Waals surface area contributed by atoms with Crippen molar-refractivity contribution in [2.24, 2.45) is 22.7 Å². The van der Waals surface area contributed by atoms with E-state index in [1.54, 1.807) is 25.7 Å². The van der Waals surface area contributed by atoms with E-state index in [-0.39, 0.29) is 38.4 Å². The number of nitrogens with one attached hydrogen (secondary N) is 3. The first-order valence-electron chi connectivity index (χ1n) is 20.3. The summed E-state index contributed by atoms with van der Waals surface area (Å²) in [4.78, 5) is 85.6. The Morgan fingerprint density at radius 2 is 1.66 bits per heavy atom. The number of nitrogens with zero attached hydrogens (tertiary/aromatic N) is 3. The van der Waals surface area contributed by atoms with Crippen LogP contribution in [0.4, 0.5) is 9.59 Å². The number of sulfonamides is 1. The molecular formula is C42H64N6O9S. The van der Waals surface area contributed by atoms with Gasteiger partial charge in [0.25, 0.3) is 5.91 Å². The van der Waals surface area contributed by atoms with Crippen molar-refractivity contribution < 1.29 is 41.9 Å². The SMILES string of the molecule is C=CCNC(=O)C(=O)C(CC(=O)[C@@H]1CC(OC(=O)N2CCc3ccccc3C2)CN1C(=O)[C@@H](NC(=O)N[C@H](CN(C)S(C)(=O)=O)C(C)(C)C)C(C)(C)C)CC1CCC1. The number of rotatable bonds is 16. The summed E-state index contributed by atoms with van der Waals surface area (Å²) in [6.07, 6.45) is 4.57. The maximum Gasteiger partial charge on any atom is 0.410 e. The van der Waals surface area contributed by atoms with E-state index in [4.69, 9.17) is 4.74 Å². The minimum atomic E-state index is -3.56. The van der Waals surface area contributed by atoms with Crippen molar-refractivity contribution in [3.05, 3.63) is 48.0 Å². The topological polar surface area (TPSA) is 192 Å². The number of carbonyl (C=O) groups excluding carboxylic acids is 6. The Morgan fingerprint density at radius 1 is 1.00 bits per heavy atom. The molecule has 4 rings (SSSR count). The Bertz CT molecular complexity index is 1820. The minimum absolute atomic E-state index is 0.0193. The Morgan fingerprint density at radius 3 is 2.22 bits per heavy atom. The summed E-state index contributed by atoms with van der Waals surface area (Å²) in [7, 11) is -2.14. The van der Waals surface area contributed by atoms with Crippen LogP contribution in [-0.2, 0) is 46.9 Å². The predicted molar refractivity (Wildman–Crippen MR) is 220 cm³/mol. The molecule has 3 aliphatic rings. The first kappa shape index (κ1) is 46.4. The minimum Gasteiger partial charge on any atom is -0.444 e. The number of urea groups is 1. The van der Waals surface area contributed by atoms with Gasteiger partial charge in [0.1, 0.15) is 12.1 Å². The smallest absolute Gasteiger partial charge is 0.410 e. The number of benzene rings is 1. The van der Waals surface area contributed by atoms with Crippen molar-refractivity contribution in [3.8, 4) is 0 Å². The first-order valence-corrected chi connectivity index (χ1v) is 22.1. The average molecular weight is 829 g/mol. The Hall–Kier alpha value is -4.31. The highest BCUT2D eigenvalue weighted by Gasteiger charge is 2.47. The number of hydrogen-bond donors (Lipinski definition) is 3. The van der Waals surface area contributed by atoms with E-state index in [2.05, 4.69) is 22.5 Å². The third kappa shape index (κ3) is 12.4. The van der Waals surface area contributed by atoms with Crippen molar-refractivity contribution in [2.75, 3.05) is 39.5 Å². The lowest BCUT2D eigenvalue weighted by atomic mass is 9.76.